The van der Waals surface area contributed by atoms with E-state index in [0.29, 0.717) is 6.61 Å². The number of fused-ring (bicyclic) bond motifs is 1. The van der Waals surface area contributed by atoms with Gasteiger partial charge in [-0.25, -0.2) is 0 Å². The second kappa shape index (κ2) is 6.73. The van der Waals surface area contributed by atoms with Crippen LogP contribution in [0.1, 0.15) is 22.3 Å². The van der Waals surface area contributed by atoms with Crippen molar-refractivity contribution in [3.8, 4) is 5.75 Å². The van der Waals surface area contributed by atoms with Crippen LogP contribution in [0.2, 0.25) is 5.02 Å². The lowest BCUT2D eigenvalue weighted by molar-refractivity contribution is 0.304. The first-order valence-electron chi connectivity index (χ1n) is 8.33. The van der Waals surface area contributed by atoms with Crippen LogP contribution < -0.4 is 4.74 Å². The fourth-order valence-corrected chi connectivity index (χ4v) is 3.16. The zero-order valence-corrected chi connectivity index (χ0v) is 14.8. The maximum Gasteiger partial charge on any atom is 0.122 e. The summed E-state index contributed by atoms with van der Waals surface area (Å²) in [6.07, 6.45) is 0.889. The largest absolute Gasteiger partial charge is 0.489 e. The Labute approximate surface area is 152 Å². The number of hydrogen-bond donors (Lipinski definition) is 0. The van der Waals surface area contributed by atoms with Gasteiger partial charge in [0.2, 0.25) is 0 Å². The van der Waals surface area contributed by atoms with E-state index in [1.165, 1.54) is 5.56 Å². The van der Waals surface area contributed by atoms with Crippen molar-refractivity contribution >= 4 is 23.0 Å². The molecule has 0 bridgehead atoms. The lowest BCUT2D eigenvalue weighted by Gasteiger charge is -2.11. The topological polar surface area (TPSA) is 21.6 Å². The van der Waals surface area contributed by atoms with Crippen LogP contribution in [0.15, 0.2) is 71.7 Å². The normalized spacial score (nSPS) is 12.6. The minimum atomic E-state index is 0.531. The summed E-state index contributed by atoms with van der Waals surface area (Å²) >= 11 is 5.92. The molecule has 0 amide bonds. The highest BCUT2D eigenvalue weighted by Crippen LogP contribution is 2.30. The second-order valence-electron chi connectivity index (χ2n) is 6.26. The summed E-state index contributed by atoms with van der Waals surface area (Å²) in [5.74, 6) is 0.898. The van der Waals surface area contributed by atoms with E-state index in [0.717, 1.165) is 45.3 Å². The van der Waals surface area contributed by atoms with E-state index in [2.05, 4.69) is 37.3 Å². The van der Waals surface area contributed by atoms with Crippen molar-refractivity contribution in [1.29, 1.82) is 0 Å². The fourth-order valence-electron chi connectivity index (χ4n) is 3.03. The Balaban J connectivity index is 1.49. The van der Waals surface area contributed by atoms with Gasteiger partial charge in [0.25, 0.3) is 0 Å². The molecule has 3 heteroatoms. The van der Waals surface area contributed by atoms with Gasteiger partial charge in [-0.3, -0.25) is 4.99 Å². The molecule has 1 aliphatic rings. The lowest BCUT2D eigenvalue weighted by atomic mass is 10.0. The third-order valence-electron chi connectivity index (χ3n) is 4.42. The number of para-hydroxylation sites is 1. The van der Waals surface area contributed by atoms with Gasteiger partial charge in [-0.05, 0) is 65.6 Å². The van der Waals surface area contributed by atoms with Crippen LogP contribution >= 0.6 is 11.6 Å². The summed E-state index contributed by atoms with van der Waals surface area (Å²) in [5.41, 5.74) is 6.87. The SMILES string of the molecule is Cc1cc(C2=Nc3ccccc3C2)ccc1OCc1ccc(Cl)cc1. The van der Waals surface area contributed by atoms with Gasteiger partial charge in [0.15, 0.2) is 0 Å². The van der Waals surface area contributed by atoms with Crippen molar-refractivity contribution in [3.63, 3.8) is 0 Å². The maximum absolute atomic E-state index is 5.96. The molecule has 0 aliphatic carbocycles. The quantitative estimate of drug-likeness (QED) is 0.575. The van der Waals surface area contributed by atoms with Gasteiger partial charge in [-0.2, -0.15) is 0 Å². The number of nitrogens with zero attached hydrogens (tertiary/aromatic N) is 1. The molecule has 1 heterocycles. The number of aryl methyl sites for hydroxylation is 1. The summed E-state index contributed by atoms with van der Waals surface area (Å²) < 4.78 is 5.96. The zero-order chi connectivity index (χ0) is 17.2. The van der Waals surface area contributed by atoms with E-state index in [9.17, 15) is 0 Å². The van der Waals surface area contributed by atoms with Crippen molar-refractivity contribution in [2.45, 2.75) is 20.0 Å². The second-order valence-corrected chi connectivity index (χ2v) is 6.70. The molecule has 124 valence electrons. The highest BCUT2D eigenvalue weighted by molar-refractivity contribution is 6.30. The monoisotopic (exact) mass is 347 g/mol. The zero-order valence-electron chi connectivity index (χ0n) is 14.0. The van der Waals surface area contributed by atoms with E-state index < -0.39 is 0 Å². The number of hydrogen-bond acceptors (Lipinski definition) is 2. The fraction of sp³-hybridized carbons (Fsp3) is 0.136. The van der Waals surface area contributed by atoms with Crippen LogP contribution in [0, 0.1) is 6.92 Å². The van der Waals surface area contributed by atoms with E-state index in [-0.39, 0.29) is 0 Å². The smallest absolute Gasteiger partial charge is 0.122 e. The predicted octanol–water partition coefficient (Wildman–Crippen LogP) is 5.90. The summed E-state index contributed by atoms with van der Waals surface area (Å²) in [6, 6.07) is 22.3. The van der Waals surface area contributed by atoms with Crippen LogP contribution in [0.3, 0.4) is 0 Å². The van der Waals surface area contributed by atoms with Gasteiger partial charge in [0.05, 0.1) is 11.4 Å². The van der Waals surface area contributed by atoms with Crippen LogP contribution in [0.5, 0.6) is 5.75 Å². The molecule has 0 N–H and O–H groups in total. The van der Waals surface area contributed by atoms with Crippen molar-refractivity contribution < 1.29 is 4.74 Å². The summed E-state index contributed by atoms with van der Waals surface area (Å²) in [6.45, 7) is 2.60. The summed E-state index contributed by atoms with van der Waals surface area (Å²) in [5, 5.41) is 0.739. The van der Waals surface area contributed by atoms with E-state index in [1.807, 2.05) is 36.4 Å². The van der Waals surface area contributed by atoms with Crippen LogP contribution in [0.25, 0.3) is 0 Å². The minimum absolute atomic E-state index is 0.531. The van der Waals surface area contributed by atoms with Crippen LogP contribution in [-0.2, 0) is 13.0 Å². The first kappa shape index (κ1) is 15.9. The number of halogens is 1. The first-order valence-corrected chi connectivity index (χ1v) is 8.70. The van der Waals surface area contributed by atoms with Gasteiger partial charge in [-0.1, -0.05) is 41.9 Å². The molecule has 25 heavy (non-hydrogen) atoms. The van der Waals surface area contributed by atoms with Gasteiger partial charge in [0, 0.05) is 11.4 Å². The molecule has 2 nitrogen and oxygen atoms in total. The molecule has 0 unspecified atom stereocenters. The average molecular weight is 348 g/mol. The van der Waals surface area contributed by atoms with Gasteiger partial charge in [-0.15, -0.1) is 0 Å². The third kappa shape index (κ3) is 3.45. The Bertz CT molecular complexity index is 944. The van der Waals surface area contributed by atoms with Crippen molar-refractivity contribution in [2.24, 2.45) is 4.99 Å². The van der Waals surface area contributed by atoms with Crippen LogP contribution in [-0.4, -0.2) is 5.71 Å². The van der Waals surface area contributed by atoms with E-state index in [1.54, 1.807) is 0 Å². The number of aliphatic imine (C=N–C) groups is 1. The predicted molar refractivity (Wildman–Crippen MR) is 103 cm³/mol. The number of rotatable bonds is 4. The van der Waals surface area contributed by atoms with Gasteiger partial charge >= 0.3 is 0 Å². The molecule has 0 saturated heterocycles. The third-order valence-corrected chi connectivity index (χ3v) is 4.67. The van der Waals surface area contributed by atoms with E-state index in [4.69, 9.17) is 21.3 Å². The van der Waals surface area contributed by atoms with E-state index >= 15 is 0 Å². The van der Waals surface area contributed by atoms with Crippen molar-refractivity contribution in [1.82, 2.24) is 0 Å². The maximum atomic E-state index is 5.96. The molecule has 0 spiro atoms. The molecule has 3 aromatic carbocycles. The van der Waals surface area contributed by atoms with Crippen molar-refractivity contribution in [2.75, 3.05) is 0 Å². The first-order chi connectivity index (χ1) is 12.2. The number of benzene rings is 3. The Morgan fingerprint density at radius 1 is 1.00 bits per heavy atom. The molecule has 0 radical (unpaired) electrons. The van der Waals surface area contributed by atoms with Gasteiger partial charge < -0.3 is 4.74 Å². The van der Waals surface area contributed by atoms with Gasteiger partial charge in [0.1, 0.15) is 12.4 Å². The Hall–Kier alpha value is -2.58. The van der Waals surface area contributed by atoms with Crippen molar-refractivity contribution in [3.05, 3.63) is 94.0 Å². The molecule has 0 aromatic heterocycles. The van der Waals surface area contributed by atoms with Crippen LogP contribution in [0.4, 0.5) is 5.69 Å². The molecule has 3 aromatic rings. The molecule has 1 aliphatic heterocycles. The summed E-state index contributed by atoms with van der Waals surface area (Å²) in [4.78, 5) is 4.76. The highest BCUT2D eigenvalue weighted by Gasteiger charge is 2.16. The molecule has 0 saturated carbocycles. The minimum Gasteiger partial charge on any atom is -0.489 e. The average Bonchev–Trinajstić information content (AvgIpc) is 3.06. The molecular weight excluding hydrogens is 330 g/mol. The Kier molecular flexibility index (Phi) is 4.29. The molecule has 0 atom stereocenters. The Morgan fingerprint density at radius 3 is 2.56 bits per heavy atom. The highest BCUT2D eigenvalue weighted by atomic mass is 35.5. The standard InChI is InChI=1S/C22H18ClNO/c1-15-12-18(21-13-17-4-2-3-5-20(17)24-21)8-11-22(15)25-14-16-6-9-19(23)10-7-16/h2-12H,13-14H2,1H3. The lowest BCUT2D eigenvalue weighted by Crippen LogP contribution is -2.02. The Morgan fingerprint density at radius 2 is 1.80 bits per heavy atom. The molecular formula is C22H18ClNO. The number of ether oxygens (including phenoxy) is 1. The molecule has 4 rings (SSSR count). The molecule has 0 fully saturated rings. The summed E-state index contributed by atoms with van der Waals surface area (Å²) in [7, 11) is 0.